The first-order valence-corrected chi connectivity index (χ1v) is 8.64. The summed E-state index contributed by atoms with van der Waals surface area (Å²) in [6.45, 7) is 0. The van der Waals surface area contributed by atoms with Crippen molar-refractivity contribution in [3.63, 3.8) is 0 Å². The summed E-state index contributed by atoms with van der Waals surface area (Å²) in [7, 11) is 0. The molecular weight excluding hydrogens is 322 g/mol. The summed E-state index contributed by atoms with van der Waals surface area (Å²) >= 11 is 3.51. The molecule has 21 heavy (non-hydrogen) atoms. The zero-order valence-electron chi connectivity index (χ0n) is 12.3. The Labute approximate surface area is 135 Å². The van der Waals surface area contributed by atoms with Crippen LogP contribution in [0.1, 0.15) is 60.8 Å². The van der Waals surface area contributed by atoms with Crippen LogP contribution in [0.3, 0.4) is 0 Å². The Bertz CT molecular complexity index is 585. The van der Waals surface area contributed by atoms with Crippen LogP contribution in [0.2, 0.25) is 0 Å². The number of rotatable bonds is 3. The van der Waals surface area contributed by atoms with Crippen molar-refractivity contribution in [3.05, 3.63) is 69.7 Å². The minimum atomic E-state index is -0.0529. The fraction of sp³-hybridized carbons (Fsp3) is 0.368. The van der Waals surface area contributed by atoms with Crippen molar-refractivity contribution in [1.29, 1.82) is 0 Å². The van der Waals surface area contributed by atoms with E-state index in [9.17, 15) is 0 Å². The average Bonchev–Trinajstić information content (AvgIpc) is 2.55. The van der Waals surface area contributed by atoms with Crippen LogP contribution < -0.4 is 5.73 Å². The number of hydrogen-bond acceptors (Lipinski definition) is 1. The van der Waals surface area contributed by atoms with Crippen LogP contribution in [0.5, 0.6) is 0 Å². The molecule has 110 valence electrons. The van der Waals surface area contributed by atoms with Gasteiger partial charge in [-0.05, 0) is 47.6 Å². The molecule has 0 saturated heterocycles. The van der Waals surface area contributed by atoms with Crippen molar-refractivity contribution in [1.82, 2.24) is 0 Å². The quantitative estimate of drug-likeness (QED) is 0.777. The van der Waals surface area contributed by atoms with Crippen molar-refractivity contribution in [3.8, 4) is 0 Å². The Morgan fingerprint density at radius 1 is 0.905 bits per heavy atom. The molecule has 1 nitrogen and oxygen atoms in total. The van der Waals surface area contributed by atoms with Crippen molar-refractivity contribution in [2.45, 2.75) is 44.1 Å². The van der Waals surface area contributed by atoms with Crippen LogP contribution in [-0.4, -0.2) is 0 Å². The standard InChI is InChI=1S/C19H22BrN/c20-18-8-4-7-17(13-18)19(21)16-11-9-15(10-12-16)14-5-2-1-3-6-14/h4,7-14,19H,1-3,5-6,21H2. The average molecular weight is 344 g/mol. The number of hydrogen-bond donors (Lipinski definition) is 1. The van der Waals surface area contributed by atoms with Crippen LogP contribution in [-0.2, 0) is 0 Å². The molecule has 1 atom stereocenters. The van der Waals surface area contributed by atoms with E-state index in [0.717, 1.165) is 16.0 Å². The molecular formula is C19H22BrN. The van der Waals surface area contributed by atoms with Gasteiger partial charge in [-0.1, -0.05) is 71.6 Å². The summed E-state index contributed by atoms with van der Waals surface area (Å²) in [6.07, 6.45) is 6.85. The normalized spacial score (nSPS) is 17.6. The molecule has 1 saturated carbocycles. The maximum atomic E-state index is 6.39. The molecule has 0 aromatic heterocycles. The molecule has 0 spiro atoms. The molecule has 2 aromatic carbocycles. The second-order valence-electron chi connectivity index (χ2n) is 6.03. The molecule has 0 bridgehead atoms. The van der Waals surface area contributed by atoms with Crippen molar-refractivity contribution in [2.75, 3.05) is 0 Å². The molecule has 0 radical (unpaired) electrons. The Balaban J connectivity index is 1.77. The van der Waals surface area contributed by atoms with Gasteiger partial charge in [0.25, 0.3) is 0 Å². The lowest BCUT2D eigenvalue weighted by molar-refractivity contribution is 0.443. The predicted molar refractivity (Wildman–Crippen MR) is 92.4 cm³/mol. The number of nitrogens with two attached hydrogens (primary N) is 1. The highest BCUT2D eigenvalue weighted by atomic mass is 79.9. The Hall–Kier alpha value is -1.12. The second kappa shape index (κ2) is 6.76. The zero-order chi connectivity index (χ0) is 14.7. The van der Waals surface area contributed by atoms with Crippen LogP contribution >= 0.6 is 15.9 Å². The highest BCUT2D eigenvalue weighted by Gasteiger charge is 2.16. The first kappa shape index (κ1) is 14.8. The van der Waals surface area contributed by atoms with Gasteiger partial charge in [0.05, 0.1) is 6.04 Å². The molecule has 1 unspecified atom stereocenters. The highest BCUT2D eigenvalue weighted by molar-refractivity contribution is 9.10. The Kier molecular flexibility index (Phi) is 4.77. The van der Waals surface area contributed by atoms with Gasteiger partial charge in [0.2, 0.25) is 0 Å². The molecule has 1 aliphatic rings. The maximum absolute atomic E-state index is 6.39. The molecule has 0 amide bonds. The van der Waals surface area contributed by atoms with Gasteiger partial charge >= 0.3 is 0 Å². The number of halogens is 1. The lowest BCUT2D eigenvalue weighted by Gasteiger charge is -2.22. The molecule has 3 rings (SSSR count). The van der Waals surface area contributed by atoms with E-state index < -0.39 is 0 Å². The summed E-state index contributed by atoms with van der Waals surface area (Å²) in [6, 6.07) is 17.2. The van der Waals surface area contributed by atoms with Gasteiger partial charge in [0.15, 0.2) is 0 Å². The summed E-state index contributed by atoms with van der Waals surface area (Å²) in [5.74, 6) is 0.759. The smallest absolute Gasteiger partial charge is 0.0552 e. The SMILES string of the molecule is NC(c1ccc(C2CCCCC2)cc1)c1cccc(Br)c1. The van der Waals surface area contributed by atoms with Gasteiger partial charge in [0.1, 0.15) is 0 Å². The molecule has 0 aliphatic heterocycles. The highest BCUT2D eigenvalue weighted by Crippen LogP contribution is 2.33. The van der Waals surface area contributed by atoms with Gasteiger partial charge < -0.3 is 5.73 Å². The molecule has 2 heteroatoms. The Morgan fingerprint density at radius 3 is 2.29 bits per heavy atom. The lowest BCUT2D eigenvalue weighted by atomic mass is 9.83. The topological polar surface area (TPSA) is 26.0 Å². The van der Waals surface area contributed by atoms with E-state index in [2.05, 4.69) is 52.3 Å². The third-order valence-corrected chi connectivity index (χ3v) is 5.07. The fourth-order valence-corrected chi connectivity index (χ4v) is 3.72. The van der Waals surface area contributed by atoms with E-state index in [1.165, 1.54) is 43.2 Å². The summed E-state index contributed by atoms with van der Waals surface area (Å²) < 4.78 is 1.08. The summed E-state index contributed by atoms with van der Waals surface area (Å²) in [4.78, 5) is 0. The van der Waals surface area contributed by atoms with Gasteiger partial charge in [0, 0.05) is 4.47 Å². The third-order valence-electron chi connectivity index (χ3n) is 4.58. The van der Waals surface area contributed by atoms with E-state index in [0.29, 0.717) is 0 Å². The van der Waals surface area contributed by atoms with Gasteiger partial charge in [-0.15, -0.1) is 0 Å². The van der Waals surface area contributed by atoms with Gasteiger partial charge in [-0.2, -0.15) is 0 Å². The first-order chi connectivity index (χ1) is 10.2. The monoisotopic (exact) mass is 343 g/mol. The van der Waals surface area contributed by atoms with Crippen LogP contribution in [0.4, 0.5) is 0 Å². The van der Waals surface area contributed by atoms with Crippen molar-refractivity contribution >= 4 is 15.9 Å². The summed E-state index contributed by atoms with van der Waals surface area (Å²) in [5, 5.41) is 0. The second-order valence-corrected chi connectivity index (χ2v) is 6.95. The van der Waals surface area contributed by atoms with Crippen LogP contribution in [0.25, 0.3) is 0 Å². The van der Waals surface area contributed by atoms with E-state index in [4.69, 9.17) is 5.73 Å². The van der Waals surface area contributed by atoms with E-state index in [-0.39, 0.29) is 6.04 Å². The predicted octanol–water partition coefficient (Wildman–Crippen LogP) is 5.54. The minimum absolute atomic E-state index is 0.0529. The zero-order valence-corrected chi connectivity index (χ0v) is 13.9. The Morgan fingerprint density at radius 2 is 1.62 bits per heavy atom. The fourth-order valence-electron chi connectivity index (χ4n) is 3.30. The van der Waals surface area contributed by atoms with Crippen molar-refractivity contribution < 1.29 is 0 Å². The molecule has 2 N–H and O–H groups in total. The number of benzene rings is 2. The maximum Gasteiger partial charge on any atom is 0.0552 e. The van der Waals surface area contributed by atoms with E-state index in [1.807, 2.05) is 12.1 Å². The van der Waals surface area contributed by atoms with Crippen LogP contribution in [0.15, 0.2) is 53.0 Å². The molecule has 1 aliphatic carbocycles. The first-order valence-electron chi connectivity index (χ1n) is 7.85. The summed E-state index contributed by atoms with van der Waals surface area (Å²) in [5.41, 5.74) is 10.2. The van der Waals surface area contributed by atoms with Gasteiger partial charge in [-0.25, -0.2) is 0 Å². The van der Waals surface area contributed by atoms with Crippen LogP contribution in [0, 0.1) is 0 Å². The van der Waals surface area contributed by atoms with E-state index in [1.54, 1.807) is 0 Å². The molecule has 1 fully saturated rings. The van der Waals surface area contributed by atoms with Gasteiger partial charge in [-0.3, -0.25) is 0 Å². The van der Waals surface area contributed by atoms with E-state index >= 15 is 0 Å². The largest absolute Gasteiger partial charge is 0.320 e. The lowest BCUT2D eigenvalue weighted by Crippen LogP contribution is -2.12. The molecule has 0 heterocycles. The third kappa shape index (κ3) is 3.56. The van der Waals surface area contributed by atoms with Crippen molar-refractivity contribution in [2.24, 2.45) is 5.73 Å². The molecule has 2 aromatic rings. The minimum Gasteiger partial charge on any atom is -0.320 e.